The molecule has 0 aliphatic carbocycles. The Morgan fingerprint density at radius 1 is 0.750 bits per heavy atom. The van der Waals surface area contributed by atoms with Crippen molar-refractivity contribution in [3.05, 3.63) is 12.2 Å². The van der Waals surface area contributed by atoms with Gasteiger partial charge < -0.3 is 5.11 Å². The molecule has 1 N–H and O–H groups in total. The third-order valence-electron chi connectivity index (χ3n) is 3.99. The first-order valence-corrected chi connectivity index (χ1v) is 9.03. The zero-order valence-electron chi connectivity index (χ0n) is 14.2. The lowest BCUT2D eigenvalue weighted by molar-refractivity contribution is 0.172. The topological polar surface area (TPSA) is 20.2 Å². The average Bonchev–Trinajstić information content (AvgIpc) is 2.43. The Morgan fingerprint density at radius 2 is 1.20 bits per heavy atom. The number of unbranched alkanes of at least 4 members (excludes halogenated alkanes) is 11. The highest BCUT2D eigenvalue weighted by molar-refractivity contribution is 4.89. The maximum absolute atomic E-state index is 9.62. The van der Waals surface area contributed by atoms with Crippen LogP contribution in [0.2, 0.25) is 0 Å². The van der Waals surface area contributed by atoms with Crippen LogP contribution in [-0.2, 0) is 0 Å². The third-order valence-corrected chi connectivity index (χ3v) is 3.99. The number of hydrogen-bond donors (Lipinski definition) is 1. The molecule has 0 unspecified atom stereocenters. The summed E-state index contributed by atoms with van der Waals surface area (Å²) in [5.41, 5.74) is 0. The van der Waals surface area contributed by atoms with Crippen molar-refractivity contribution in [2.75, 3.05) is 0 Å². The minimum absolute atomic E-state index is 0.261. The molecule has 1 atom stereocenters. The van der Waals surface area contributed by atoms with Crippen LogP contribution in [0.3, 0.4) is 0 Å². The van der Waals surface area contributed by atoms with Crippen LogP contribution in [-0.4, -0.2) is 11.2 Å². The van der Waals surface area contributed by atoms with Gasteiger partial charge in [0.25, 0.3) is 0 Å². The van der Waals surface area contributed by atoms with Crippen LogP contribution in [0.5, 0.6) is 0 Å². The molecule has 0 aromatic heterocycles. The van der Waals surface area contributed by atoms with Crippen LogP contribution in [0.4, 0.5) is 0 Å². The fourth-order valence-corrected chi connectivity index (χ4v) is 2.38. The zero-order valence-corrected chi connectivity index (χ0v) is 14.2. The van der Waals surface area contributed by atoms with Crippen molar-refractivity contribution in [2.24, 2.45) is 5.92 Å². The lowest BCUT2D eigenvalue weighted by Gasteiger charge is -2.08. The molecule has 0 radical (unpaired) electrons. The molecule has 120 valence electrons. The van der Waals surface area contributed by atoms with Gasteiger partial charge in [-0.1, -0.05) is 97.1 Å². The molecule has 0 rings (SSSR count). The second-order valence-corrected chi connectivity index (χ2v) is 6.49. The number of hydrogen-bond acceptors (Lipinski definition) is 1. The molecule has 0 aromatic carbocycles. The Balaban J connectivity index is 3.13. The number of rotatable bonds is 14. The normalized spacial score (nSPS) is 13.4. The molecule has 0 heterocycles. The first kappa shape index (κ1) is 19.7. The van der Waals surface area contributed by atoms with Crippen molar-refractivity contribution in [3.8, 4) is 0 Å². The summed E-state index contributed by atoms with van der Waals surface area (Å²) in [7, 11) is 0. The summed E-state index contributed by atoms with van der Waals surface area (Å²) in [6, 6.07) is 0. The summed E-state index contributed by atoms with van der Waals surface area (Å²) in [6.45, 7) is 6.38. The molecule has 0 saturated heterocycles. The molecule has 0 fully saturated rings. The van der Waals surface area contributed by atoms with E-state index in [1.165, 1.54) is 70.6 Å². The van der Waals surface area contributed by atoms with Gasteiger partial charge in [0.05, 0.1) is 6.10 Å². The van der Waals surface area contributed by atoms with Crippen molar-refractivity contribution < 1.29 is 5.11 Å². The van der Waals surface area contributed by atoms with Gasteiger partial charge in [0.15, 0.2) is 0 Å². The van der Waals surface area contributed by atoms with Crippen LogP contribution in [0, 0.1) is 5.92 Å². The van der Waals surface area contributed by atoms with Crippen LogP contribution in [0.15, 0.2) is 12.2 Å². The van der Waals surface area contributed by atoms with Gasteiger partial charge in [-0.2, -0.15) is 0 Å². The number of aliphatic hydroxyl groups excluding tert-OH is 1. The van der Waals surface area contributed by atoms with E-state index in [1.807, 2.05) is 6.08 Å². The summed E-state index contributed by atoms with van der Waals surface area (Å²) in [5.74, 6) is 0.337. The van der Waals surface area contributed by atoms with E-state index in [0.717, 1.165) is 6.42 Å². The molecule has 0 aliphatic heterocycles. The standard InChI is InChI=1S/C19H38O/c1-4-5-6-7-8-9-10-11-12-13-14-15-16-17-19(20)18(2)3/h16-20H,4-15H2,1-3H3/t19-/m0/s1. The largest absolute Gasteiger partial charge is 0.389 e. The van der Waals surface area contributed by atoms with E-state index in [-0.39, 0.29) is 6.10 Å². The molecule has 0 spiro atoms. The van der Waals surface area contributed by atoms with E-state index < -0.39 is 0 Å². The highest BCUT2D eigenvalue weighted by atomic mass is 16.3. The van der Waals surface area contributed by atoms with Gasteiger partial charge in [0, 0.05) is 0 Å². The van der Waals surface area contributed by atoms with Crippen LogP contribution < -0.4 is 0 Å². The highest BCUT2D eigenvalue weighted by Crippen LogP contribution is 2.12. The van der Waals surface area contributed by atoms with Crippen LogP contribution in [0.1, 0.15) is 97.8 Å². The van der Waals surface area contributed by atoms with Crippen LogP contribution in [0.25, 0.3) is 0 Å². The number of aliphatic hydroxyl groups is 1. The zero-order chi connectivity index (χ0) is 15.1. The first-order chi connectivity index (χ1) is 9.68. The molecule has 20 heavy (non-hydrogen) atoms. The second kappa shape index (κ2) is 15.1. The molecule has 0 aromatic rings. The van der Waals surface area contributed by atoms with Crippen molar-refractivity contribution in [1.29, 1.82) is 0 Å². The minimum atomic E-state index is -0.261. The molecular weight excluding hydrogens is 244 g/mol. The minimum Gasteiger partial charge on any atom is -0.389 e. The first-order valence-electron chi connectivity index (χ1n) is 9.03. The van der Waals surface area contributed by atoms with Crippen molar-refractivity contribution in [3.63, 3.8) is 0 Å². The molecule has 0 bridgehead atoms. The molecule has 1 nitrogen and oxygen atoms in total. The monoisotopic (exact) mass is 282 g/mol. The predicted molar refractivity (Wildman–Crippen MR) is 91.1 cm³/mol. The van der Waals surface area contributed by atoms with E-state index in [4.69, 9.17) is 0 Å². The lowest BCUT2D eigenvalue weighted by atomic mass is 10.0. The second-order valence-electron chi connectivity index (χ2n) is 6.49. The quantitative estimate of drug-likeness (QED) is 0.294. The number of allylic oxidation sites excluding steroid dienone is 1. The summed E-state index contributed by atoms with van der Waals surface area (Å²) in [6.07, 6.45) is 20.3. The third kappa shape index (κ3) is 14.1. The van der Waals surface area contributed by atoms with E-state index in [2.05, 4.69) is 26.8 Å². The SMILES string of the molecule is CCCCCCCCCCCCCC=C[C@H](O)C(C)C. The maximum atomic E-state index is 9.62. The van der Waals surface area contributed by atoms with Crippen molar-refractivity contribution >= 4 is 0 Å². The maximum Gasteiger partial charge on any atom is 0.0743 e. The summed E-state index contributed by atoms with van der Waals surface area (Å²) >= 11 is 0. The fourth-order valence-electron chi connectivity index (χ4n) is 2.38. The Labute approximate surface area is 127 Å². The van der Waals surface area contributed by atoms with Gasteiger partial charge in [-0.3, -0.25) is 0 Å². The van der Waals surface area contributed by atoms with Gasteiger partial charge in [-0.15, -0.1) is 0 Å². The van der Waals surface area contributed by atoms with Gasteiger partial charge in [0.2, 0.25) is 0 Å². The molecule has 0 saturated carbocycles. The summed E-state index contributed by atoms with van der Waals surface area (Å²) < 4.78 is 0. The van der Waals surface area contributed by atoms with E-state index in [0.29, 0.717) is 5.92 Å². The highest BCUT2D eigenvalue weighted by Gasteiger charge is 2.02. The Bertz CT molecular complexity index is 208. The van der Waals surface area contributed by atoms with Crippen molar-refractivity contribution in [2.45, 2.75) is 104 Å². The molecular formula is C19H38O. The molecule has 1 heteroatoms. The van der Waals surface area contributed by atoms with E-state index >= 15 is 0 Å². The van der Waals surface area contributed by atoms with Gasteiger partial charge in [-0.25, -0.2) is 0 Å². The van der Waals surface area contributed by atoms with Crippen LogP contribution >= 0.6 is 0 Å². The Morgan fingerprint density at radius 3 is 1.65 bits per heavy atom. The average molecular weight is 283 g/mol. The van der Waals surface area contributed by atoms with Gasteiger partial charge in [0.1, 0.15) is 0 Å². The summed E-state index contributed by atoms with van der Waals surface area (Å²) in [4.78, 5) is 0. The smallest absolute Gasteiger partial charge is 0.0743 e. The molecule has 0 amide bonds. The summed E-state index contributed by atoms with van der Waals surface area (Å²) in [5, 5.41) is 9.62. The Hall–Kier alpha value is -0.300. The van der Waals surface area contributed by atoms with Crippen molar-refractivity contribution in [1.82, 2.24) is 0 Å². The molecule has 0 aliphatic rings. The van der Waals surface area contributed by atoms with E-state index in [9.17, 15) is 5.11 Å². The van der Waals surface area contributed by atoms with Gasteiger partial charge in [-0.05, 0) is 18.8 Å². The predicted octanol–water partition coefficient (Wildman–Crippen LogP) is 6.26. The lowest BCUT2D eigenvalue weighted by Crippen LogP contribution is -2.10. The Kier molecular flexibility index (Phi) is 14.9. The fraction of sp³-hybridized carbons (Fsp3) is 0.895. The van der Waals surface area contributed by atoms with E-state index in [1.54, 1.807) is 0 Å². The van der Waals surface area contributed by atoms with Gasteiger partial charge >= 0.3 is 0 Å².